The quantitative estimate of drug-likeness (QED) is 0.315. The molecule has 1 fully saturated rings. The summed E-state index contributed by atoms with van der Waals surface area (Å²) in [7, 11) is -16.2. The SMILES string of the molecule is C=C1NC(=O)C=CN1[C@H]1CC[C@@H](COP(=O)(O)OP(=O)(O)OP(=O)(O)O)O1. The molecule has 0 aromatic carbocycles. The smallest absolute Gasteiger partial charge is 0.352 e. The maximum atomic E-state index is 11.7. The summed E-state index contributed by atoms with van der Waals surface area (Å²) < 4.78 is 50.7. The third kappa shape index (κ3) is 7.22. The molecule has 0 radical (unpaired) electrons. The monoisotopic (exact) mass is 450 g/mol. The van der Waals surface area contributed by atoms with Gasteiger partial charge in [-0.3, -0.25) is 9.32 Å². The van der Waals surface area contributed by atoms with E-state index in [1.165, 1.54) is 17.2 Å². The van der Waals surface area contributed by atoms with Crippen molar-refractivity contribution in [2.45, 2.75) is 25.2 Å². The lowest BCUT2D eigenvalue weighted by molar-refractivity contribution is -0.117. The molecule has 14 nitrogen and oxygen atoms in total. The van der Waals surface area contributed by atoms with Crippen LogP contribution in [0.25, 0.3) is 0 Å². The Morgan fingerprint density at radius 1 is 1.19 bits per heavy atom. The van der Waals surface area contributed by atoms with E-state index in [1.54, 1.807) is 0 Å². The molecular formula is C10H17N2O12P3. The number of phosphoric acid groups is 3. The largest absolute Gasteiger partial charge is 0.490 e. The molecule has 2 heterocycles. The summed E-state index contributed by atoms with van der Waals surface area (Å²) in [5, 5.41) is 2.48. The fourth-order valence-corrected chi connectivity index (χ4v) is 5.30. The summed E-state index contributed by atoms with van der Waals surface area (Å²) >= 11 is 0. The lowest BCUT2D eigenvalue weighted by Gasteiger charge is -2.31. The lowest BCUT2D eigenvalue weighted by atomic mass is 10.2. The van der Waals surface area contributed by atoms with Crippen LogP contribution in [0.1, 0.15) is 12.8 Å². The van der Waals surface area contributed by atoms with Crippen molar-refractivity contribution in [1.29, 1.82) is 0 Å². The van der Waals surface area contributed by atoms with Gasteiger partial charge in [-0.25, -0.2) is 13.7 Å². The van der Waals surface area contributed by atoms with Crippen LogP contribution in [0, 0.1) is 0 Å². The van der Waals surface area contributed by atoms with Crippen LogP contribution >= 0.6 is 23.5 Å². The van der Waals surface area contributed by atoms with E-state index in [0.717, 1.165) is 0 Å². The van der Waals surface area contributed by atoms with Gasteiger partial charge in [0.2, 0.25) is 0 Å². The summed E-state index contributed by atoms with van der Waals surface area (Å²) in [5.41, 5.74) is 0. The van der Waals surface area contributed by atoms with Crippen LogP contribution < -0.4 is 5.32 Å². The molecule has 0 saturated carbocycles. The number of nitrogens with one attached hydrogen (secondary N) is 1. The number of nitrogens with zero attached hydrogens (tertiary/aromatic N) is 1. The molecular weight excluding hydrogens is 433 g/mol. The summed E-state index contributed by atoms with van der Waals surface area (Å²) in [6.45, 7) is 3.13. The van der Waals surface area contributed by atoms with E-state index in [2.05, 4.69) is 25.0 Å². The van der Waals surface area contributed by atoms with Crippen LogP contribution in [0.2, 0.25) is 0 Å². The van der Waals surface area contributed by atoms with E-state index in [9.17, 15) is 23.4 Å². The summed E-state index contributed by atoms with van der Waals surface area (Å²) in [5.74, 6) is -0.0699. The standard InChI is InChI=1S/C10H17N2O12P3/c1-7-11-9(13)4-5-12(7)10-3-2-8(22-10)6-21-26(17,18)24-27(19,20)23-25(14,15)16/h4-5,8,10H,1-3,6H2,(H,11,13)(H,17,18)(H,19,20)(H2,14,15,16)/t8-,10+/m0/s1. The van der Waals surface area contributed by atoms with E-state index in [-0.39, 0.29) is 11.7 Å². The molecule has 2 rings (SSSR count). The predicted octanol–water partition coefficient (Wildman–Crippen LogP) is 0.251. The van der Waals surface area contributed by atoms with Crippen LogP contribution in [0.15, 0.2) is 24.7 Å². The topological polar surface area (TPSA) is 201 Å². The summed E-state index contributed by atoms with van der Waals surface area (Å²) in [6, 6.07) is 0. The highest BCUT2D eigenvalue weighted by molar-refractivity contribution is 7.66. The molecule has 5 N–H and O–H groups in total. The van der Waals surface area contributed by atoms with Crippen molar-refractivity contribution in [3.8, 4) is 0 Å². The molecule has 2 aliphatic heterocycles. The Morgan fingerprint density at radius 3 is 2.44 bits per heavy atom. The first-order valence-electron chi connectivity index (χ1n) is 7.17. The third-order valence-corrected chi connectivity index (χ3v) is 7.00. The van der Waals surface area contributed by atoms with Gasteiger partial charge < -0.3 is 34.5 Å². The Hall–Kier alpha value is -0.880. The Morgan fingerprint density at radius 2 is 1.85 bits per heavy atom. The van der Waals surface area contributed by atoms with Gasteiger partial charge in [-0.15, -0.1) is 0 Å². The van der Waals surface area contributed by atoms with Crippen LogP contribution in [-0.2, 0) is 36.4 Å². The van der Waals surface area contributed by atoms with E-state index in [4.69, 9.17) is 19.4 Å². The molecule has 17 heteroatoms. The maximum Gasteiger partial charge on any atom is 0.490 e. The van der Waals surface area contributed by atoms with Gasteiger partial charge in [0, 0.05) is 12.3 Å². The zero-order valence-electron chi connectivity index (χ0n) is 13.5. The number of rotatable bonds is 8. The van der Waals surface area contributed by atoms with Crippen molar-refractivity contribution in [1.82, 2.24) is 10.2 Å². The van der Waals surface area contributed by atoms with Gasteiger partial charge in [-0.1, -0.05) is 6.58 Å². The van der Waals surface area contributed by atoms with Gasteiger partial charge in [-0.2, -0.15) is 8.62 Å². The molecule has 0 bridgehead atoms. The fourth-order valence-electron chi connectivity index (χ4n) is 2.25. The first-order chi connectivity index (χ1) is 12.3. The maximum absolute atomic E-state index is 11.7. The molecule has 154 valence electrons. The van der Waals surface area contributed by atoms with E-state index in [0.29, 0.717) is 12.8 Å². The first kappa shape index (κ1) is 22.4. The van der Waals surface area contributed by atoms with Gasteiger partial charge >= 0.3 is 23.5 Å². The Bertz CT molecular complexity index is 777. The van der Waals surface area contributed by atoms with Crippen molar-refractivity contribution in [3.63, 3.8) is 0 Å². The van der Waals surface area contributed by atoms with E-state index < -0.39 is 42.4 Å². The Kier molecular flexibility index (Phi) is 6.84. The highest BCUT2D eigenvalue weighted by Crippen LogP contribution is 2.66. The second-order valence-corrected chi connectivity index (χ2v) is 9.76. The van der Waals surface area contributed by atoms with Crippen molar-refractivity contribution >= 4 is 29.4 Å². The zero-order valence-corrected chi connectivity index (χ0v) is 16.2. The van der Waals surface area contributed by atoms with Gasteiger partial charge in [0.15, 0.2) is 0 Å². The molecule has 1 saturated heterocycles. The van der Waals surface area contributed by atoms with Crippen molar-refractivity contribution in [2.75, 3.05) is 6.61 Å². The molecule has 0 aromatic rings. The number of hydrogen-bond donors (Lipinski definition) is 5. The van der Waals surface area contributed by atoms with E-state index in [1.807, 2.05) is 0 Å². The minimum atomic E-state index is -5.56. The number of phosphoric ester groups is 1. The number of ether oxygens (including phenoxy) is 1. The van der Waals surface area contributed by atoms with Gasteiger partial charge in [0.1, 0.15) is 12.0 Å². The Balaban J connectivity index is 1.86. The van der Waals surface area contributed by atoms with Gasteiger partial charge in [-0.05, 0) is 12.8 Å². The van der Waals surface area contributed by atoms with Crippen molar-refractivity contribution in [2.24, 2.45) is 0 Å². The molecule has 2 aliphatic rings. The van der Waals surface area contributed by atoms with Crippen molar-refractivity contribution in [3.05, 3.63) is 24.7 Å². The minimum absolute atomic E-state index is 0.279. The van der Waals surface area contributed by atoms with Crippen LogP contribution in [-0.4, -0.2) is 49.3 Å². The lowest BCUT2D eigenvalue weighted by Crippen LogP contribution is -2.41. The van der Waals surface area contributed by atoms with Crippen molar-refractivity contribution < 1.29 is 55.9 Å². The van der Waals surface area contributed by atoms with Gasteiger partial charge in [0.25, 0.3) is 5.91 Å². The molecule has 0 aromatic heterocycles. The highest BCUT2D eigenvalue weighted by atomic mass is 31.3. The summed E-state index contributed by atoms with van der Waals surface area (Å²) in [4.78, 5) is 48.1. The van der Waals surface area contributed by atoms with Crippen LogP contribution in [0.4, 0.5) is 0 Å². The highest BCUT2D eigenvalue weighted by Gasteiger charge is 2.41. The number of carbonyl (C=O) groups is 1. The second-order valence-electron chi connectivity index (χ2n) is 5.34. The molecule has 4 atom stereocenters. The second kappa shape index (κ2) is 8.24. The average Bonchev–Trinajstić information content (AvgIpc) is 2.90. The number of carbonyl (C=O) groups excluding carboxylic acids is 1. The minimum Gasteiger partial charge on any atom is -0.352 e. The third-order valence-electron chi connectivity index (χ3n) is 3.20. The molecule has 0 spiro atoms. The first-order valence-corrected chi connectivity index (χ1v) is 11.7. The average molecular weight is 450 g/mol. The number of amides is 1. The number of hydrogen-bond acceptors (Lipinski definition) is 9. The van der Waals surface area contributed by atoms with E-state index >= 15 is 0 Å². The Labute approximate surface area is 152 Å². The molecule has 27 heavy (non-hydrogen) atoms. The summed E-state index contributed by atoms with van der Waals surface area (Å²) in [6.07, 6.45) is 2.28. The zero-order chi connectivity index (χ0) is 20.5. The molecule has 0 aliphatic carbocycles. The fraction of sp³-hybridized carbons (Fsp3) is 0.500. The molecule has 1 amide bonds. The normalized spacial score (nSPS) is 27.9. The molecule has 2 unspecified atom stereocenters. The van der Waals surface area contributed by atoms with Crippen LogP contribution in [0.3, 0.4) is 0 Å². The van der Waals surface area contributed by atoms with Crippen LogP contribution in [0.5, 0.6) is 0 Å². The predicted molar refractivity (Wildman–Crippen MR) is 86.0 cm³/mol. The van der Waals surface area contributed by atoms with Gasteiger partial charge in [0.05, 0.1) is 12.7 Å².